The Bertz CT molecular complexity index is 936. The second kappa shape index (κ2) is 6.86. The number of fused-ring (bicyclic) bond motifs is 1. The lowest BCUT2D eigenvalue weighted by Crippen LogP contribution is -2.15. The van der Waals surface area contributed by atoms with E-state index in [0.29, 0.717) is 21.1 Å². The third kappa shape index (κ3) is 3.65. The van der Waals surface area contributed by atoms with Crippen LogP contribution in [0.1, 0.15) is 5.56 Å². The van der Waals surface area contributed by atoms with Crippen LogP contribution in [-0.4, -0.2) is 21.6 Å². The van der Waals surface area contributed by atoms with Crippen molar-refractivity contribution in [1.29, 1.82) is 0 Å². The summed E-state index contributed by atoms with van der Waals surface area (Å²) in [4.78, 5) is 31.9. The molecule has 0 unspecified atom stereocenters. The second-order valence-corrected chi connectivity index (χ2v) is 7.46. The van der Waals surface area contributed by atoms with Crippen LogP contribution in [-0.2, 0) is 4.79 Å². The van der Waals surface area contributed by atoms with E-state index in [0.717, 1.165) is 10.0 Å². The molecular formula is C15H12BrN3O2S2. The average molecular weight is 410 g/mol. The largest absolute Gasteiger partial charge is 0.324 e. The maximum absolute atomic E-state index is 12.1. The molecule has 0 atom stereocenters. The molecule has 0 radical (unpaired) electrons. The van der Waals surface area contributed by atoms with Crippen molar-refractivity contribution in [1.82, 2.24) is 9.97 Å². The summed E-state index contributed by atoms with van der Waals surface area (Å²) in [5.74, 6) is 0.00662. The van der Waals surface area contributed by atoms with Gasteiger partial charge in [0.2, 0.25) is 5.91 Å². The van der Waals surface area contributed by atoms with Crippen LogP contribution in [0.15, 0.2) is 44.1 Å². The van der Waals surface area contributed by atoms with Gasteiger partial charge in [-0.1, -0.05) is 23.9 Å². The minimum Gasteiger partial charge on any atom is -0.324 e. The normalized spacial score (nSPS) is 10.9. The smallest absolute Gasteiger partial charge is 0.260 e. The Kier molecular flexibility index (Phi) is 4.84. The number of hydrogen-bond donors (Lipinski definition) is 2. The van der Waals surface area contributed by atoms with Crippen molar-refractivity contribution in [2.24, 2.45) is 0 Å². The van der Waals surface area contributed by atoms with Crippen molar-refractivity contribution in [3.8, 4) is 0 Å². The molecule has 0 fully saturated rings. The van der Waals surface area contributed by atoms with Gasteiger partial charge < -0.3 is 10.3 Å². The number of aromatic nitrogens is 2. The van der Waals surface area contributed by atoms with Gasteiger partial charge >= 0.3 is 0 Å². The standard InChI is InChI=1S/C15H12BrN3O2S2/c1-8-6-22-14-12(8)13(21)18-15(19-14)23-7-11(20)17-10-5-3-2-4-9(10)16/h2-6H,7H2,1H3,(H,17,20)(H,18,19,21). The number of thioether (sulfide) groups is 1. The first-order valence-electron chi connectivity index (χ1n) is 6.70. The topological polar surface area (TPSA) is 74.8 Å². The van der Waals surface area contributed by atoms with Crippen LogP contribution in [0, 0.1) is 6.92 Å². The van der Waals surface area contributed by atoms with E-state index in [-0.39, 0.29) is 17.2 Å². The van der Waals surface area contributed by atoms with Crippen LogP contribution in [0.4, 0.5) is 5.69 Å². The zero-order chi connectivity index (χ0) is 16.4. The van der Waals surface area contributed by atoms with E-state index >= 15 is 0 Å². The molecule has 2 aromatic heterocycles. The number of benzene rings is 1. The molecule has 0 aliphatic rings. The van der Waals surface area contributed by atoms with Crippen LogP contribution < -0.4 is 10.9 Å². The Hall–Kier alpha value is -1.64. The number of rotatable bonds is 4. The Morgan fingerprint density at radius 2 is 2.22 bits per heavy atom. The lowest BCUT2D eigenvalue weighted by atomic mass is 10.3. The predicted molar refractivity (Wildman–Crippen MR) is 98.5 cm³/mol. The highest BCUT2D eigenvalue weighted by Gasteiger charge is 2.11. The van der Waals surface area contributed by atoms with Crippen molar-refractivity contribution >= 4 is 60.8 Å². The van der Waals surface area contributed by atoms with E-state index < -0.39 is 0 Å². The zero-order valence-electron chi connectivity index (χ0n) is 12.1. The summed E-state index contributed by atoms with van der Waals surface area (Å²) in [6.07, 6.45) is 0. The highest BCUT2D eigenvalue weighted by atomic mass is 79.9. The Morgan fingerprint density at radius 3 is 3.00 bits per heavy atom. The lowest BCUT2D eigenvalue weighted by molar-refractivity contribution is -0.113. The first-order chi connectivity index (χ1) is 11.0. The molecule has 0 saturated heterocycles. The highest BCUT2D eigenvalue weighted by Crippen LogP contribution is 2.24. The summed E-state index contributed by atoms with van der Waals surface area (Å²) in [6.45, 7) is 1.88. The minimum absolute atomic E-state index is 0.160. The summed E-state index contributed by atoms with van der Waals surface area (Å²) < 4.78 is 0.820. The number of amides is 1. The number of H-pyrrole nitrogens is 1. The molecule has 23 heavy (non-hydrogen) atoms. The summed E-state index contributed by atoms with van der Waals surface area (Å²) in [5.41, 5.74) is 1.47. The number of nitrogens with one attached hydrogen (secondary N) is 2. The Morgan fingerprint density at radius 1 is 1.43 bits per heavy atom. The van der Waals surface area contributed by atoms with Gasteiger partial charge in [0.25, 0.3) is 5.56 Å². The number of aromatic amines is 1. The maximum atomic E-state index is 12.1. The first kappa shape index (κ1) is 16.2. The molecule has 0 aliphatic carbocycles. The minimum atomic E-state index is -0.164. The summed E-state index contributed by atoms with van der Waals surface area (Å²) in [6, 6.07) is 7.39. The molecule has 8 heteroatoms. The van der Waals surface area contributed by atoms with Gasteiger partial charge in [-0.05, 0) is 45.9 Å². The van der Waals surface area contributed by atoms with Crippen molar-refractivity contribution in [2.45, 2.75) is 12.1 Å². The van der Waals surface area contributed by atoms with E-state index in [9.17, 15) is 9.59 Å². The molecule has 3 aromatic rings. The lowest BCUT2D eigenvalue weighted by Gasteiger charge is -2.06. The van der Waals surface area contributed by atoms with Gasteiger partial charge in [-0.25, -0.2) is 4.98 Å². The van der Waals surface area contributed by atoms with E-state index in [1.165, 1.54) is 23.1 Å². The fourth-order valence-electron chi connectivity index (χ4n) is 2.02. The molecule has 3 rings (SSSR count). The van der Waals surface area contributed by atoms with Crippen molar-refractivity contribution in [3.63, 3.8) is 0 Å². The van der Waals surface area contributed by atoms with Gasteiger partial charge in [0.15, 0.2) is 5.16 Å². The molecule has 1 aromatic carbocycles. The molecular weight excluding hydrogens is 398 g/mol. The SMILES string of the molecule is Cc1csc2nc(SCC(=O)Nc3ccccc3Br)[nH]c(=O)c12. The number of hydrogen-bond acceptors (Lipinski definition) is 5. The third-order valence-corrected chi connectivity index (χ3v) is 5.65. The Labute approximate surface area is 148 Å². The molecule has 2 N–H and O–H groups in total. The van der Waals surface area contributed by atoms with E-state index in [4.69, 9.17) is 0 Å². The maximum Gasteiger partial charge on any atom is 0.260 e. The molecule has 1 amide bonds. The third-order valence-electron chi connectivity index (χ3n) is 3.09. The monoisotopic (exact) mass is 409 g/mol. The van der Waals surface area contributed by atoms with Gasteiger partial charge in [0, 0.05) is 4.47 Å². The molecule has 0 bridgehead atoms. The van der Waals surface area contributed by atoms with Crippen LogP contribution in [0.2, 0.25) is 0 Å². The van der Waals surface area contributed by atoms with Crippen LogP contribution >= 0.6 is 39.0 Å². The Balaban J connectivity index is 1.70. The number of nitrogens with zero attached hydrogens (tertiary/aromatic N) is 1. The molecule has 0 saturated carbocycles. The number of para-hydroxylation sites is 1. The average Bonchev–Trinajstić information content (AvgIpc) is 2.89. The van der Waals surface area contributed by atoms with Crippen LogP contribution in [0.5, 0.6) is 0 Å². The molecule has 0 aliphatic heterocycles. The van der Waals surface area contributed by atoms with Crippen molar-refractivity contribution < 1.29 is 4.79 Å². The van der Waals surface area contributed by atoms with Gasteiger partial charge in [-0.15, -0.1) is 11.3 Å². The molecule has 5 nitrogen and oxygen atoms in total. The van der Waals surface area contributed by atoms with E-state index in [1.807, 2.05) is 36.6 Å². The second-order valence-electron chi connectivity index (χ2n) is 4.79. The predicted octanol–water partition coefficient (Wildman–Crippen LogP) is 3.79. The van der Waals surface area contributed by atoms with Gasteiger partial charge in [-0.3, -0.25) is 9.59 Å². The van der Waals surface area contributed by atoms with Crippen LogP contribution in [0.25, 0.3) is 10.2 Å². The quantitative estimate of drug-likeness (QED) is 0.507. The van der Waals surface area contributed by atoms with Gasteiger partial charge in [0.1, 0.15) is 4.83 Å². The van der Waals surface area contributed by atoms with E-state index in [1.54, 1.807) is 0 Å². The number of aryl methyl sites for hydroxylation is 1. The number of anilines is 1. The highest BCUT2D eigenvalue weighted by molar-refractivity contribution is 9.10. The number of carbonyl (C=O) groups excluding carboxylic acids is 1. The van der Waals surface area contributed by atoms with Gasteiger partial charge in [-0.2, -0.15) is 0 Å². The number of carbonyl (C=O) groups is 1. The fourth-order valence-corrected chi connectivity index (χ4v) is 4.04. The summed E-state index contributed by atoms with van der Waals surface area (Å²) in [7, 11) is 0. The van der Waals surface area contributed by atoms with E-state index in [2.05, 4.69) is 31.2 Å². The van der Waals surface area contributed by atoms with Gasteiger partial charge in [0.05, 0.1) is 16.8 Å². The summed E-state index contributed by atoms with van der Waals surface area (Å²) in [5, 5.41) is 5.79. The fraction of sp³-hybridized carbons (Fsp3) is 0.133. The molecule has 0 spiro atoms. The number of halogens is 1. The zero-order valence-corrected chi connectivity index (χ0v) is 15.3. The first-order valence-corrected chi connectivity index (χ1v) is 9.35. The van der Waals surface area contributed by atoms with Crippen molar-refractivity contribution in [3.05, 3.63) is 50.0 Å². The van der Waals surface area contributed by atoms with Crippen molar-refractivity contribution in [2.75, 3.05) is 11.1 Å². The summed E-state index contributed by atoms with van der Waals surface area (Å²) >= 11 is 6.01. The molecule has 2 heterocycles. The van der Waals surface area contributed by atoms with Crippen LogP contribution in [0.3, 0.4) is 0 Å². The number of thiophene rings is 1. The molecule has 118 valence electrons.